The first-order valence-electron chi connectivity index (χ1n) is 8.59. The van der Waals surface area contributed by atoms with Gasteiger partial charge in [0.1, 0.15) is 5.01 Å². The van der Waals surface area contributed by atoms with E-state index in [1.807, 2.05) is 11.6 Å². The lowest BCUT2D eigenvalue weighted by molar-refractivity contribution is -0.0185. The third kappa shape index (κ3) is 4.22. The lowest BCUT2D eigenvalue weighted by Crippen LogP contribution is -2.42. The van der Waals surface area contributed by atoms with E-state index in [0.717, 1.165) is 24.3 Å². The molecule has 0 fully saturated rings. The molecule has 0 spiro atoms. The molecule has 0 aliphatic heterocycles. The lowest BCUT2D eigenvalue weighted by Gasteiger charge is -2.28. The van der Waals surface area contributed by atoms with E-state index in [2.05, 4.69) is 48.4 Å². The highest BCUT2D eigenvalue weighted by Crippen LogP contribution is 2.32. The van der Waals surface area contributed by atoms with E-state index < -0.39 is 6.10 Å². The number of ether oxygens (including phenoxy) is 1. The Balaban J connectivity index is 1.49. The Labute approximate surface area is 147 Å². The van der Waals surface area contributed by atoms with E-state index in [1.54, 1.807) is 11.3 Å². The highest BCUT2D eigenvalue weighted by atomic mass is 32.1. The highest BCUT2D eigenvalue weighted by Gasteiger charge is 2.25. The summed E-state index contributed by atoms with van der Waals surface area (Å²) in [6, 6.07) is 8.48. The molecule has 0 bridgehead atoms. The minimum Gasteiger partial charge on any atom is -0.389 e. The number of aromatic nitrogens is 1. The monoisotopic (exact) mass is 346 g/mol. The van der Waals surface area contributed by atoms with Gasteiger partial charge in [0.2, 0.25) is 0 Å². The number of hydrogen-bond donors (Lipinski definition) is 2. The van der Waals surface area contributed by atoms with Crippen LogP contribution in [0.25, 0.3) is 0 Å². The van der Waals surface area contributed by atoms with Crippen LogP contribution in [0.1, 0.15) is 48.9 Å². The van der Waals surface area contributed by atoms with Crippen molar-refractivity contribution in [2.24, 2.45) is 0 Å². The molecule has 4 nitrogen and oxygen atoms in total. The Morgan fingerprint density at radius 2 is 2.25 bits per heavy atom. The van der Waals surface area contributed by atoms with Crippen molar-refractivity contribution < 1.29 is 9.84 Å². The average molecular weight is 346 g/mol. The number of aliphatic hydroxyl groups excluding tert-OH is 1. The van der Waals surface area contributed by atoms with Crippen LogP contribution in [0.3, 0.4) is 0 Å². The van der Waals surface area contributed by atoms with Crippen molar-refractivity contribution in [2.75, 3.05) is 13.2 Å². The van der Waals surface area contributed by atoms with Crippen molar-refractivity contribution in [1.82, 2.24) is 10.3 Å². The van der Waals surface area contributed by atoms with Gasteiger partial charge in [0.15, 0.2) is 0 Å². The van der Waals surface area contributed by atoms with Crippen LogP contribution in [0.2, 0.25) is 0 Å². The molecule has 1 aromatic carbocycles. The van der Waals surface area contributed by atoms with Crippen LogP contribution in [0.15, 0.2) is 35.8 Å². The Hall–Kier alpha value is -1.27. The summed E-state index contributed by atoms with van der Waals surface area (Å²) >= 11 is 1.62. The number of fused-ring (bicyclic) bond motifs is 1. The second kappa shape index (κ2) is 7.74. The molecule has 1 aromatic heterocycles. The predicted octanol–water partition coefficient (Wildman–Crippen LogP) is 3.42. The molecule has 0 saturated heterocycles. The molecule has 1 aliphatic carbocycles. The Bertz CT molecular complexity index is 643. The van der Waals surface area contributed by atoms with Gasteiger partial charge in [-0.1, -0.05) is 24.3 Å². The van der Waals surface area contributed by atoms with E-state index in [0.29, 0.717) is 13.2 Å². The third-order valence-electron chi connectivity index (χ3n) is 4.55. The molecular formula is C19H26N2O2S. The van der Waals surface area contributed by atoms with Crippen molar-refractivity contribution in [3.63, 3.8) is 0 Å². The fraction of sp³-hybridized carbons (Fsp3) is 0.526. The minimum atomic E-state index is -0.529. The number of nitrogens with zero attached hydrogens (tertiary/aromatic N) is 1. The van der Waals surface area contributed by atoms with Crippen LogP contribution in [0.4, 0.5) is 0 Å². The molecule has 130 valence electrons. The van der Waals surface area contributed by atoms with Gasteiger partial charge in [0.25, 0.3) is 0 Å². The SMILES string of the molecule is CC(C)(NC[C@@H](O)CO[C@@H]1CCCc2ccccc21)c1nccs1. The lowest BCUT2D eigenvalue weighted by atomic mass is 9.89. The summed E-state index contributed by atoms with van der Waals surface area (Å²) in [7, 11) is 0. The number of hydrogen-bond acceptors (Lipinski definition) is 5. The van der Waals surface area contributed by atoms with Crippen molar-refractivity contribution >= 4 is 11.3 Å². The molecule has 0 saturated carbocycles. The first kappa shape index (κ1) is 17.5. The van der Waals surface area contributed by atoms with Crippen molar-refractivity contribution in [3.05, 3.63) is 52.0 Å². The Kier molecular flexibility index (Phi) is 5.66. The minimum absolute atomic E-state index is 0.108. The van der Waals surface area contributed by atoms with Gasteiger partial charge in [0.05, 0.1) is 24.4 Å². The normalized spacial score (nSPS) is 19.0. The van der Waals surface area contributed by atoms with Gasteiger partial charge in [-0.15, -0.1) is 11.3 Å². The number of aryl methyl sites for hydroxylation is 1. The molecule has 2 N–H and O–H groups in total. The van der Waals surface area contributed by atoms with Gasteiger partial charge in [0, 0.05) is 18.1 Å². The van der Waals surface area contributed by atoms with Gasteiger partial charge in [-0.3, -0.25) is 0 Å². The van der Waals surface area contributed by atoms with Crippen LogP contribution in [-0.2, 0) is 16.7 Å². The van der Waals surface area contributed by atoms with Crippen LogP contribution < -0.4 is 5.32 Å². The van der Waals surface area contributed by atoms with Crippen molar-refractivity contribution in [2.45, 2.75) is 50.9 Å². The summed E-state index contributed by atoms with van der Waals surface area (Å²) in [6.07, 6.45) is 4.69. The average Bonchev–Trinajstić information content (AvgIpc) is 3.14. The molecule has 2 aromatic rings. The summed E-state index contributed by atoms with van der Waals surface area (Å²) in [4.78, 5) is 4.35. The highest BCUT2D eigenvalue weighted by molar-refractivity contribution is 7.09. The topological polar surface area (TPSA) is 54.4 Å². The summed E-state index contributed by atoms with van der Waals surface area (Å²) in [5.41, 5.74) is 2.42. The van der Waals surface area contributed by atoms with Crippen LogP contribution in [-0.4, -0.2) is 29.3 Å². The Morgan fingerprint density at radius 3 is 3.04 bits per heavy atom. The maximum absolute atomic E-state index is 10.3. The van der Waals surface area contributed by atoms with Gasteiger partial charge >= 0.3 is 0 Å². The molecular weight excluding hydrogens is 320 g/mol. The summed E-state index contributed by atoms with van der Waals surface area (Å²) in [6.45, 7) is 4.99. The van der Waals surface area contributed by atoms with Crippen molar-refractivity contribution in [3.8, 4) is 0 Å². The zero-order chi connectivity index (χ0) is 17.0. The van der Waals surface area contributed by atoms with E-state index >= 15 is 0 Å². The quantitative estimate of drug-likeness (QED) is 0.806. The van der Waals surface area contributed by atoms with Crippen molar-refractivity contribution in [1.29, 1.82) is 0 Å². The second-order valence-corrected chi connectivity index (χ2v) is 7.80. The van der Waals surface area contributed by atoms with E-state index in [1.165, 1.54) is 11.1 Å². The zero-order valence-electron chi connectivity index (χ0n) is 14.4. The maximum atomic E-state index is 10.3. The number of thiazole rings is 1. The molecule has 1 heterocycles. The molecule has 5 heteroatoms. The molecule has 0 amide bonds. The number of nitrogens with one attached hydrogen (secondary N) is 1. The first-order valence-corrected chi connectivity index (χ1v) is 9.47. The largest absolute Gasteiger partial charge is 0.389 e. The smallest absolute Gasteiger partial charge is 0.112 e. The molecule has 1 aliphatic rings. The number of benzene rings is 1. The van der Waals surface area contributed by atoms with Gasteiger partial charge < -0.3 is 15.2 Å². The standard InChI is InChI=1S/C19H26N2O2S/c1-19(2,18-20-10-11-24-18)21-12-15(22)13-23-17-9-5-7-14-6-3-4-8-16(14)17/h3-4,6,8,10-11,15,17,21-22H,5,7,9,12-13H2,1-2H3/t15-,17-/m1/s1. The molecule has 0 unspecified atom stereocenters. The summed E-state index contributed by atoms with van der Waals surface area (Å²) < 4.78 is 6.02. The van der Waals surface area contributed by atoms with Gasteiger partial charge in [-0.25, -0.2) is 4.98 Å². The first-order chi connectivity index (χ1) is 11.6. The fourth-order valence-corrected chi connectivity index (χ4v) is 3.89. The van der Waals surface area contributed by atoms with Crippen LogP contribution in [0, 0.1) is 0 Å². The van der Waals surface area contributed by atoms with E-state index in [9.17, 15) is 5.11 Å². The van der Waals surface area contributed by atoms with E-state index in [-0.39, 0.29) is 11.6 Å². The van der Waals surface area contributed by atoms with Gasteiger partial charge in [-0.05, 0) is 44.2 Å². The van der Waals surface area contributed by atoms with Gasteiger partial charge in [-0.2, -0.15) is 0 Å². The molecule has 24 heavy (non-hydrogen) atoms. The summed E-state index contributed by atoms with van der Waals surface area (Å²) in [5, 5.41) is 16.7. The number of rotatable bonds is 7. The predicted molar refractivity (Wildman–Crippen MR) is 97.2 cm³/mol. The maximum Gasteiger partial charge on any atom is 0.112 e. The zero-order valence-corrected chi connectivity index (χ0v) is 15.2. The Morgan fingerprint density at radius 1 is 1.42 bits per heavy atom. The van der Waals surface area contributed by atoms with E-state index in [4.69, 9.17) is 4.74 Å². The second-order valence-electron chi connectivity index (χ2n) is 6.91. The van der Waals surface area contributed by atoms with Crippen LogP contribution >= 0.6 is 11.3 Å². The molecule has 0 radical (unpaired) electrons. The fourth-order valence-electron chi connectivity index (χ4n) is 3.15. The molecule has 2 atom stereocenters. The third-order valence-corrected chi connectivity index (χ3v) is 5.65. The molecule has 3 rings (SSSR count). The van der Waals surface area contributed by atoms with Crippen LogP contribution in [0.5, 0.6) is 0 Å². The number of aliphatic hydroxyl groups is 1. The summed E-state index contributed by atoms with van der Waals surface area (Å²) in [5.74, 6) is 0.